The molecule has 1 amide bonds. The summed E-state index contributed by atoms with van der Waals surface area (Å²) in [7, 11) is 0. The van der Waals surface area contributed by atoms with E-state index in [0.717, 1.165) is 36.8 Å². The molecule has 0 unspecified atom stereocenters. The van der Waals surface area contributed by atoms with Crippen molar-refractivity contribution in [3.8, 4) is 11.5 Å². The standard InChI is InChI=1S/C41H55FN2O8/c1-6-22-50-41-36(44(39(48)49-7-2)26-27-14-16-29(42)17-15-27)25-34(43-52-40(3,4)5)32-23-28(12-8-10-20-45)31(13-9-11-21-46)37(38(32)41)33-24-30(47)18-19-35(33)51-41/h6,14-19,23-24,28,31,36-38,45-47H,1,7-13,20-22,25-26H2,2-5H3/t28-,31+,36-,37+,38+,41+/m0/s1. The molecule has 284 valence electrons. The van der Waals surface area contributed by atoms with Crippen LogP contribution >= 0.6 is 0 Å². The van der Waals surface area contributed by atoms with Crippen molar-refractivity contribution in [2.45, 2.75) is 103 Å². The van der Waals surface area contributed by atoms with E-state index in [9.17, 15) is 24.5 Å². The van der Waals surface area contributed by atoms with E-state index in [4.69, 9.17) is 24.2 Å². The van der Waals surface area contributed by atoms with Gasteiger partial charge in [-0.25, -0.2) is 9.18 Å². The molecule has 52 heavy (non-hydrogen) atoms. The summed E-state index contributed by atoms with van der Waals surface area (Å²) in [5.74, 6) is -1.95. The molecule has 3 aliphatic rings. The number of hydrogen-bond acceptors (Lipinski definition) is 9. The lowest BCUT2D eigenvalue weighted by molar-refractivity contribution is -0.256. The molecule has 2 aromatic carbocycles. The number of aromatic hydroxyl groups is 1. The van der Waals surface area contributed by atoms with E-state index in [0.29, 0.717) is 29.9 Å². The fraction of sp³-hybridized carbons (Fsp3) is 0.561. The summed E-state index contributed by atoms with van der Waals surface area (Å²) in [6.07, 6.45) is 7.98. The van der Waals surface area contributed by atoms with Crippen molar-refractivity contribution in [2.75, 3.05) is 26.4 Å². The Balaban J connectivity index is 1.80. The van der Waals surface area contributed by atoms with Gasteiger partial charge in [-0.1, -0.05) is 42.3 Å². The van der Waals surface area contributed by atoms with Crippen LogP contribution in [-0.4, -0.2) is 75.9 Å². The number of ether oxygens (including phenoxy) is 3. The number of amides is 1. The number of fused-ring (bicyclic) bond motifs is 2. The molecule has 1 saturated carbocycles. The monoisotopic (exact) mass is 722 g/mol. The summed E-state index contributed by atoms with van der Waals surface area (Å²) in [6.45, 7) is 11.9. The van der Waals surface area contributed by atoms with E-state index >= 15 is 0 Å². The topological polar surface area (TPSA) is 130 Å². The summed E-state index contributed by atoms with van der Waals surface area (Å²) in [5.41, 5.74) is 2.43. The molecule has 0 saturated heterocycles. The second kappa shape index (κ2) is 17.3. The van der Waals surface area contributed by atoms with Crippen molar-refractivity contribution < 1.29 is 43.6 Å². The third kappa shape index (κ3) is 8.64. The molecular formula is C41H55FN2O8. The average molecular weight is 723 g/mol. The number of aliphatic hydroxyl groups excluding tert-OH is 2. The van der Waals surface area contributed by atoms with Crippen LogP contribution in [0.4, 0.5) is 9.18 Å². The molecule has 0 radical (unpaired) electrons. The molecular weight excluding hydrogens is 667 g/mol. The van der Waals surface area contributed by atoms with Crippen LogP contribution in [0.2, 0.25) is 0 Å². The molecule has 11 heteroatoms. The van der Waals surface area contributed by atoms with Crippen LogP contribution in [-0.2, 0) is 20.9 Å². The Labute approximate surface area is 306 Å². The first-order valence-electron chi connectivity index (χ1n) is 18.6. The van der Waals surface area contributed by atoms with E-state index in [1.807, 2.05) is 20.8 Å². The first-order chi connectivity index (χ1) is 25.0. The highest BCUT2D eigenvalue weighted by atomic mass is 19.1. The van der Waals surface area contributed by atoms with Crippen molar-refractivity contribution in [1.29, 1.82) is 0 Å². The molecule has 0 aromatic heterocycles. The van der Waals surface area contributed by atoms with Gasteiger partial charge in [-0.05, 0) is 107 Å². The van der Waals surface area contributed by atoms with E-state index in [-0.39, 0.29) is 68.7 Å². The predicted octanol–water partition coefficient (Wildman–Crippen LogP) is 7.62. The Kier molecular flexibility index (Phi) is 13.0. The molecule has 5 rings (SSSR count). The molecule has 1 fully saturated rings. The zero-order chi connectivity index (χ0) is 37.5. The molecule has 2 aliphatic carbocycles. The summed E-state index contributed by atoms with van der Waals surface area (Å²) >= 11 is 0. The van der Waals surface area contributed by atoms with Gasteiger partial charge in [0.1, 0.15) is 29.0 Å². The smallest absolute Gasteiger partial charge is 0.410 e. The summed E-state index contributed by atoms with van der Waals surface area (Å²) in [4.78, 5) is 21.9. The maximum Gasteiger partial charge on any atom is 0.410 e. The molecule has 0 spiro atoms. The van der Waals surface area contributed by atoms with Gasteiger partial charge in [0.05, 0.1) is 24.8 Å². The molecule has 3 N–H and O–H groups in total. The van der Waals surface area contributed by atoms with Gasteiger partial charge in [-0.15, -0.1) is 6.58 Å². The van der Waals surface area contributed by atoms with Gasteiger partial charge in [-0.3, -0.25) is 4.90 Å². The van der Waals surface area contributed by atoms with Gasteiger partial charge in [0, 0.05) is 37.7 Å². The number of nitrogens with zero attached hydrogens (tertiary/aromatic N) is 2. The lowest BCUT2D eigenvalue weighted by Gasteiger charge is -2.59. The van der Waals surface area contributed by atoms with E-state index < -0.39 is 29.4 Å². The highest BCUT2D eigenvalue weighted by molar-refractivity contribution is 6.03. The van der Waals surface area contributed by atoms with Gasteiger partial charge in [0.2, 0.25) is 5.79 Å². The van der Waals surface area contributed by atoms with Crippen molar-refractivity contribution >= 4 is 11.8 Å². The summed E-state index contributed by atoms with van der Waals surface area (Å²) in [5, 5.41) is 35.2. The van der Waals surface area contributed by atoms with Gasteiger partial charge < -0.3 is 34.4 Å². The van der Waals surface area contributed by atoms with Gasteiger partial charge >= 0.3 is 6.09 Å². The van der Waals surface area contributed by atoms with Crippen molar-refractivity contribution in [2.24, 2.45) is 22.9 Å². The number of phenolic OH excluding ortho intramolecular Hbond substituents is 1. The largest absolute Gasteiger partial charge is 0.508 e. The van der Waals surface area contributed by atoms with Crippen LogP contribution in [0.15, 0.2) is 71.9 Å². The number of allylic oxidation sites excluding steroid dienone is 1. The number of phenols is 1. The first kappa shape index (κ1) is 39.3. The van der Waals surface area contributed by atoms with Crippen LogP contribution in [0.3, 0.4) is 0 Å². The van der Waals surface area contributed by atoms with Crippen LogP contribution in [0.5, 0.6) is 11.5 Å². The van der Waals surface area contributed by atoms with Crippen LogP contribution in [0, 0.1) is 23.6 Å². The van der Waals surface area contributed by atoms with Gasteiger partial charge in [0.15, 0.2) is 0 Å². The Morgan fingerprint density at radius 1 is 1.10 bits per heavy atom. The SMILES string of the molecule is C=CCO[C@@]12Oc3ccc(O)cc3[C@H]3[C@H](CCCCO)[C@@H](CCCCO)C=C(C(=NOC(C)(C)C)C[C@@H]1N(Cc1ccc(F)cc1)C(=O)OCC)[C@H]32. The third-order valence-electron chi connectivity index (χ3n) is 10.2. The minimum Gasteiger partial charge on any atom is -0.508 e. The number of hydrogen-bond donors (Lipinski definition) is 3. The summed E-state index contributed by atoms with van der Waals surface area (Å²) in [6, 6.07) is 10.3. The highest BCUT2D eigenvalue weighted by Crippen LogP contribution is 2.62. The number of aliphatic hydroxyl groups is 2. The van der Waals surface area contributed by atoms with E-state index in [2.05, 4.69) is 12.7 Å². The van der Waals surface area contributed by atoms with Crippen molar-refractivity contribution in [3.05, 3.63) is 83.7 Å². The van der Waals surface area contributed by atoms with Gasteiger partial charge in [0.25, 0.3) is 0 Å². The van der Waals surface area contributed by atoms with Crippen molar-refractivity contribution in [1.82, 2.24) is 4.90 Å². The average Bonchev–Trinajstić information content (AvgIpc) is 3.11. The third-order valence-corrected chi connectivity index (χ3v) is 10.2. The Morgan fingerprint density at radius 2 is 1.81 bits per heavy atom. The number of halogens is 1. The minimum atomic E-state index is -1.48. The number of carbonyl (C=O) groups is 1. The quantitative estimate of drug-likeness (QED) is 0.0917. The lowest BCUT2D eigenvalue weighted by atomic mass is 9.55. The predicted molar refractivity (Wildman–Crippen MR) is 196 cm³/mol. The number of benzene rings is 2. The molecule has 1 aliphatic heterocycles. The highest BCUT2D eigenvalue weighted by Gasteiger charge is 2.65. The minimum absolute atomic E-state index is 0.0202. The normalized spacial score (nSPS) is 25.7. The number of carbonyl (C=O) groups excluding carboxylic acids is 1. The van der Waals surface area contributed by atoms with Crippen molar-refractivity contribution in [3.63, 3.8) is 0 Å². The zero-order valence-corrected chi connectivity index (χ0v) is 30.9. The maximum atomic E-state index is 14.1. The number of unbranched alkanes of at least 4 members (excludes halogenated alkanes) is 2. The Hall–Kier alpha value is -3.93. The molecule has 6 atom stereocenters. The molecule has 2 aromatic rings. The van der Waals surface area contributed by atoms with E-state index in [1.165, 1.54) is 12.1 Å². The second-order valence-electron chi connectivity index (χ2n) is 15.0. The fourth-order valence-electron chi connectivity index (χ4n) is 8.14. The molecule has 1 heterocycles. The lowest BCUT2D eigenvalue weighted by Crippen LogP contribution is -2.70. The zero-order valence-electron chi connectivity index (χ0n) is 30.9. The van der Waals surface area contributed by atoms with Crippen LogP contribution < -0.4 is 4.74 Å². The number of oxime groups is 1. The fourth-order valence-corrected chi connectivity index (χ4v) is 8.14. The molecule has 0 bridgehead atoms. The van der Waals surface area contributed by atoms with Crippen LogP contribution in [0.1, 0.15) is 89.7 Å². The Bertz CT molecular complexity index is 1590. The first-order valence-corrected chi connectivity index (χ1v) is 18.6. The maximum absolute atomic E-state index is 14.1. The van der Waals surface area contributed by atoms with Gasteiger partial charge in [-0.2, -0.15) is 0 Å². The van der Waals surface area contributed by atoms with Crippen LogP contribution in [0.25, 0.3) is 0 Å². The molecule has 10 nitrogen and oxygen atoms in total. The van der Waals surface area contributed by atoms with E-state index in [1.54, 1.807) is 48.2 Å². The second-order valence-corrected chi connectivity index (χ2v) is 15.0. The Morgan fingerprint density at radius 3 is 2.46 bits per heavy atom. The summed E-state index contributed by atoms with van der Waals surface area (Å²) < 4.78 is 33.7. The number of rotatable bonds is 16.